The van der Waals surface area contributed by atoms with Gasteiger partial charge in [0.2, 0.25) is 0 Å². The summed E-state index contributed by atoms with van der Waals surface area (Å²) in [6.45, 7) is 5.82. The lowest BCUT2D eigenvalue weighted by atomic mass is 10.2. The molecule has 3 aliphatic rings. The Bertz CT molecular complexity index is 783. The number of β-amino-alcohol motifs (C(OH)–C–C–N with tert-alkyl or cyclic N) is 1. The molecule has 2 atom stereocenters. The summed E-state index contributed by atoms with van der Waals surface area (Å²) in [5.74, 6) is 1.91. The van der Waals surface area contributed by atoms with Crippen molar-refractivity contribution >= 4 is 27.4 Å². The molecule has 1 aliphatic carbocycles. The number of nitrogens with zero attached hydrogens (tertiary/aromatic N) is 4. The molecule has 0 aromatic carbocycles. The van der Waals surface area contributed by atoms with Crippen molar-refractivity contribution in [1.29, 1.82) is 0 Å². The van der Waals surface area contributed by atoms with Crippen LogP contribution in [0.2, 0.25) is 0 Å². The molecule has 1 N–H and O–H groups in total. The molecule has 2 aromatic heterocycles. The Morgan fingerprint density at radius 3 is 2.75 bits per heavy atom. The molecule has 0 saturated carbocycles. The van der Waals surface area contributed by atoms with Crippen LogP contribution < -0.4 is 4.90 Å². The van der Waals surface area contributed by atoms with Crippen molar-refractivity contribution in [3.63, 3.8) is 0 Å². The maximum atomic E-state index is 10.6. The van der Waals surface area contributed by atoms with Crippen LogP contribution >= 0.6 is 11.3 Å². The lowest BCUT2D eigenvalue weighted by Gasteiger charge is -2.25. The Morgan fingerprint density at radius 2 is 1.92 bits per heavy atom. The van der Waals surface area contributed by atoms with E-state index in [1.165, 1.54) is 41.5 Å². The SMILES string of the molecule is Cc1nc(N2C[C@@H](N3CCCC3)[C@@H](O)C2)c2c3c(sc2n1)CCC3. The summed E-state index contributed by atoms with van der Waals surface area (Å²) >= 11 is 1.85. The molecular formula is C18H24N4OS. The number of fused-ring (bicyclic) bond motifs is 3. The highest BCUT2D eigenvalue weighted by molar-refractivity contribution is 7.19. The van der Waals surface area contributed by atoms with Crippen molar-refractivity contribution in [2.24, 2.45) is 0 Å². The fraction of sp³-hybridized carbons (Fsp3) is 0.667. The zero-order chi connectivity index (χ0) is 16.3. The fourth-order valence-corrected chi connectivity index (χ4v) is 5.99. The zero-order valence-electron chi connectivity index (χ0n) is 14.2. The molecule has 2 aliphatic heterocycles. The fourth-order valence-electron chi connectivity index (χ4n) is 4.68. The van der Waals surface area contributed by atoms with Crippen LogP contribution in [-0.4, -0.2) is 58.3 Å². The molecule has 0 spiro atoms. The van der Waals surface area contributed by atoms with Gasteiger partial charge in [0, 0.05) is 18.0 Å². The van der Waals surface area contributed by atoms with Crippen LogP contribution in [0.4, 0.5) is 5.82 Å². The lowest BCUT2D eigenvalue weighted by molar-refractivity contribution is 0.0986. The highest BCUT2D eigenvalue weighted by atomic mass is 32.1. The molecule has 2 aromatic rings. The summed E-state index contributed by atoms with van der Waals surface area (Å²) in [6, 6.07) is 0.254. The molecule has 5 rings (SSSR count). The molecule has 24 heavy (non-hydrogen) atoms. The minimum Gasteiger partial charge on any atom is -0.390 e. The highest BCUT2D eigenvalue weighted by Crippen LogP contribution is 2.41. The summed E-state index contributed by atoms with van der Waals surface area (Å²) in [5.41, 5.74) is 1.48. The summed E-state index contributed by atoms with van der Waals surface area (Å²) in [6.07, 6.45) is 5.84. The van der Waals surface area contributed by atoms with Crippen LogP contribution in [0, 0.1) is 6.92 Å². The minimum atomic E-state index is -0.278. The van der Waals surface area contributed by atoms with Crippen LogP contribution in [0.5, 0.6) is 0 Å². The first-order valence-corrected chi connectivity index (χ1v) is 9.98. The van der Waals surface area contributed by atoms with E-state index in [9.17, 15) is 5.11 Å². The van der Waals surface area contributed by atoms with Crippen molar-refractivity contribution in [3.05, 3.63) is 16.3 Å². The van der Waals surface area contributed by atoms with Gasteiger partial charge in [-0.15, -0.1) is 11.3 Å². The molecule has 2 fully saturated rings. The van der Waals surface area contributed by atoms with Crippen molar-refractivity contribution in [3.8, 4) is 0 Å². The van der Waals surface area contributed by atoms with Crippen molar-refractivity contribution in [2.75, 3.05) is 31.1 Å². The van der Waals surface area contributed by atoms with Gasteiger partial charge in [-0.1, -0.05) is 0 Å². The van der Waals surface area contributed by atoms with E-state index in [0.717, 1.165) is 42.5 Å². The molecule has 0 radical (unpaired) electrons. The third-order valence-corrected chi connectivity index (χ3v) is 7.01. The number of rotatable bonds is 2. The second kappa shape index (κ2) is 5.64. The number of hydrogen-bond acceptors (Lipinski definition) is 6. The van der Waals surface area contributed by atoms with Crippen LogP contribution in [-0.2, 0) is 12.8 Å². The molecule has 6 heteroatoms. The molecule has 0 bridgehead atoms. The number of aliphatic hydroxyl groups excluding tert-OH is 1. The molecule has 4 heterocycles. The van der Waals surface area contributed by atoms with E-state index >= 15 is 0 Å². The van der Waals surface area contributed by atoms with Gasteiger partial charge in [0.05, 0.1) is 17.5 Å². The number of aromatic nitrogens is 2. The normalized spacial score (nSPS) is 27.5. The Balaban J connectivity index is 1.54. The quantitative estimate of drug-likeness (QED) is 0.904. The predicted octanol–water partition coefficient (Wildman–Crippen LogP) is 2.13. The number of likely N-dealkylation sites (tertiary alicyclic amines) is 1. The summed E-state index contributed by atoms with van der Waals surface area (Å²) in [7, 11) is 0. The third kappa shape index (κ3) is 2.27. The number of anilines is 1. The smallest absolute Gasteiger partial charge is 0.141 e. The van der Waals surface area contributed by atoms with E-state index in [1.807, 2.05) is 18.3 Å². The Morgan fingerprint density at radius 1 is 1.08 bits per heavy atom. The summed E-state index contributed by atoms with van der Waals surface area (Å²) < 4.78 is 0. The Kier molecular flexibility index (Phi) is 3.54. The monoisotopic (exact) mass is 344 g/mol. The second-order valence-corrected chi connectivity index (χ2v) is 8.50. The molecule has 0 amide bonds. The maximum Gasteiger partial charge on any atom is 0.141 e. The van der Waals surface area contributed by atoms with Gasteiger partial charge in [-0.25, -0.2) is 9.97 Å². The first kappa shape index (κ1) is 15.0. The molecule has 5 nitrogen and oxygen atoms in total. The zero-order valence-corrected chi connectivity index (χ0v) is 15.0. The van der Waals surface area contributed by atoms with Gasteiger partial charge in [-0.3, -0.25) is 4.90 Å². The molecular weight excluding hydrogens is 320 g/mol. The number of aryl methyl sites for hydroxylation is 3. The molecule has 0 unspecified atom stereocenters. The maximum absolute atomic E-state index is 10.6. The van der Waals surface area contributed by atoms with Gasteiger partial charge in [-0.2, -0.15) is 0 Å². The number of hydrogen-bond donors (Lipinski definition) is 1. The predicted molar refractivity (Wildman–Crippen MR) is 97.0 cm³/mol. The van der Waals surface area contributed by atoms with Gasteiger partial charge >= 0.3 is 0 Å². The first-order valence-electron chi connectivity index (χ1n) is 9.16. The van der Waals surface area contributed by atoms with Crippen LogP contribution in [0.15, 0.2) is 0 Å². The van der Waals surface area contributed by atoms with Gasteiger partial charge in [0.1, 0.15) is 16.5 Å². The standard InChI is InChI=1S/C18H24N4OS/c1-11-19-17(16-12-5-4-6-15(12)24-18(16)20-11)22-9-13(14(23)10-22)21-7-2-3-8-21/h13-14,23H,2-10H2,1H3/t13-,14+/m1/s1. The van der Waals surface area contributed by atoms with E-state index in [1.54, 1.807) is 0 Å². The number of aliphatic hydroxyl groups is 1. The second-order valence-electron chi connectivity index (χ2n) is 7.41. The van der Waals surface area contributed by atoms with E-state index in [2.05, 4.69) is 9.80 Å². The highest BCUT2D eigenvalue weighted by Gasteiger charge is 2.38. The van der Waals surface area contributed by atoms with Gasteiger partial charge < -0.3 is 10.0 Å². The van der Waals surface area contributed by atoms with Crippen molar-refractivity contribution in [2.45, 2.75) is 51.2 Å². The van der Waals surface area contributed by atoms with E-state index < -0.39 is 0 Å². The van der Waals surface area contributed by atoms with E-state index in [0.29, 0.717) is 6.54 Å². The van der Waals surface area contributed by atoms with Crippen LogP contribution in [0.25, 0.3) is 10.2 Å². The first-order chi connectivity index (χ1) is 11.7. The lowest BCUT2D eigenvalue weighted by Crippen LogP contribution is -2.41. The molecule has 128 valence electrons. The van der Waals surface area contributed by atoms with Crippen molar-refractivity contribution in [1.82, 2.24) is 14.9 Å². The minimum absolute atomic E-state index is 0.254. The van der Waals surface area contributed by atoms with Crippen LogP contribution in [0.3, 0.4) is 0 Å². The topological polar surface area (TPSA) is 52.5 Å². The van der Waals surface area contributed by atoms with E-state index in [4.69, 9.17) is 9.97 Å². The van der Waals surface area contributed by atoms with E-state index in [-0.39, 0.29) is 12.1 Å². The number of thiophene rings is 1. The Labute approximate surface area is 146 Å². The average Bonchev–Trinajstić information content (AvgIpc) is 3.28. The largest absolute Gasteiger partial charge is 0.390 e. The van der Waals surface area contributed by atoms with Gasteiger partial charge in [0.15, 0.2) is 0 Å². The van der Waals surface area contributed by atoms with Crippen molar-refractivity contribution < 1.29 is 5.11 Å². The van der Waals surface area contributed by atoms with Gasteiger partial charge in [-0.05, 0) is 57.7 Å². The Hall–Kier alpha value is -1.24. The molecule has 2 saturated heterocycles. The third-order valence-electron chi connectivity index (χ3n) is 5.83. The van der Waals surface area contributed by atoms with Gasteiger partial charge in [0.25, 0.3) is 0 Å². The summed E-state index contributed by atoms with van der Waals surface area (Å²) in [4.78, 5) is 16.9. The average molecular weight is 344 g/mol. The van der Waals surface area contributed by atoms with Crippen LogP contribution in [0.1, 0.15) is 35.5 Å². The summed E-state index contributed by atoms with van der Waals surface area (Å²) in [5, 5.41) is 11.9.